The van der Waals surface area contributed by atoms with Gasteiger partial charge in [-0.05, 0) is 26.2 Å². The highest BCUT2D eigenvalue weighted by Crippen LogP contribution is 2.10. The van der Waals surface area contributed by atoms with Crippen LogP contribution in [0.3, 0.4) is 0 Å². The van der Waals surface area contributed by atoms with Gasteiger partial charge in [0.25, 0.3) is 0 Å². The molecule has 1 aliphatic heterocycles. The van der Waals surface area contributed by atoms with E-state index in [0.29, 0.717) is 0 Å². The second kappa shape index (κ2) is 10.9. The van der Waals surface area contributed by atoms with E-state index in [0.717, 1.165) is 51.6 Å². The predicted molar refractivity (Wildman–Crippen MR) is 81.6 cm³/mol. The maximum absolute atomic E-state index is 5.31. The quantitative estimate of drug-likeness (QED) is 0.307. The van der Waals surface area contributed by atoms with Gasteiger partial charge >= 0.3 is 0 Å². The molecule has 0 radical (unpaired) electrons. The molecular formula is C15H29N3O. The molecule has 19 heavy (non-hydrogen) atoms. The number of rotatable bonds is 8. The van der Waals surface area contributed by atoms with Crippen molar-refractivity contribution < 1.29 is 4.74 Å². The Morgan fingerprint density at radius 3 is 2.89 bits per heavy atom. The Morgan fingerprint density at radius 1 is 1.32 bits per heavy atom. The van der Waals surface area contributed by atoms with Crippen molar-refractivity contribution in [2.45, 2.75) is 46.0 Å². The summed E-state index contributed by atoms with van der Waals surface area (Å²) in [5.74, 6) is 0.950. The average molecular weight is 267 g/mol. The fraction of sp³-hybridized carbons (Fsp3) is 0.800. The standard InChI is InChI=1S/C15H29N3O/c1-3-5-6-10-17-15(16-4-2)18-11-7-14-8-12-19-13-9-14/h8H,3-7,9-13H2,1-2H3,(H2,16,17,18). The zero-order valence-corrected chi connectivity index (χ0v) is 12.5. The number of nitrogens with zero attached hydrogens (tertiary/aromatic N) is 1. The molecule has 0 bridgehead atoms. The molecule has 0 aliphatic carbocycles. The normalized spacial score (nSPS) is 16.1. The molecule has 1 aliphatic rings. The second-order valence-corrected chi connectivity index (χ2v) is 4.83. The van der Waals surface area contributed by atoms with Gasteiger partial charge in [-0.1, -0.05) is 31.4 Å². The van der Waals surface area contributed by atoms with Crippen LogP contribution in [0.4, 0.5) is 0 Å². The van der Waals surface area contributed by atoms with Crippen LogP contribution in [0.25, 0.3) is 0 Å². The number of nitrogens with one attached hydrogen (secondary N) is 2. The summed E-state index contributed by atoms with van der Waals surface area (Å²) in [6.45, 7) is 8.75. The van der Waals surface area contributed by atoms with E-state index in [1.54, 1.807) is 0 Å². The number of ether oxygens (including phenoxy) is 1. The van der Waals surface area contributed by atoms with E-state index in [2.05, 4.69) is 35.5 Å². The van der Waals surface area contributed by atoms with Crippen LogP contribution < -0.4 is 10.6 Å². The van der Waals surface area contributed by atoms with Gasteiger partial charge < -0.3 is 15.4 Å². The van der Waals surface area contributed by atoms with Gasteiger partial charge in [0, 0.05) is 19.6 Å². The third-order valence-corrected chi connectivity index (χ3v) is 3.17. The topological polar surface area (TPSA) is 45.7 Å². The average Bonchev–Trinajstić information content (AvgIpc) is 2.44. The zero-order chi connectivity index (χ0) is 13.8. The smallest absolute Gasteiger partial charge is 0.191 e. The largest absolute Gasteiger partial charge is 0.377 e. The van der Waals surface area contributed by atoms with E-state index in [-0.39, 0.29) is 0 Å². The van der Waals surface area contributed by atoms with E-state index >= 15 is 0 Å². The summed E-state index contributed by atoms with van der Waals surface area (Å²) >= 11 is 0. The molecular weight excluding hydrogens is 238 g/mol. The van der Waals surface area contributed by atoms with Gasteiger partial charge in [-0.25, -0.2) is 0 Å². The molecule has 0 atom stereocenters. The van der Waals surface area contributed by atoms with E-state index in [1.165, 1.54) is 24.8 Å². The summed E-state index contributed by atoms with van der Waals surface area (Å²) in [5.41, 5.74) is 1.50. The van der Waals surface area contributed by atoms with E-state index < -0.39 is 0 Å². The molecule has 0 aromatic rings. The minimum absolute atomic E-state index is 0.778. The Bertz CT molecular complexity index is 287. The number of hydrogen-bond donors (Lipinski definition) is 2. The van der Waals surface area contributed by atoms with Gasteiger partial charge in [-0.15, -0.1) is 0 Å². The molecule has 1 heterocycles. The molecule has 4 heteroatoms. The van der Waals surface area contributed by atoms with Crippen LogP contribution in [-0.4, -0.2) is 38.8 Å². The summed E-state index contributed by atoms with van der Waals surface area (Å²) in [7, 11) is 0. The molecule has 110 valence electrons. The highest BCUT2D eigenvalue weighted by molar-refractivity contribution is 5.79. The summed E-state index contributed by atoms with van der Waals surface area (Å²) in [5, 5.41) is 6.69. The third-order valence-electron chi connectivity index (χ3n) is 3.17. The van der Waals surface area contributed by atoms with Gasteiger partial charge in [0.05, 0.1) is 13.2 Å². The summed E-state index contributed by atoms with van der Waals surface area (Å²) in [6.07, 6.45) is 8.05. The summed E-state index contributed by atoms with van der Waals surface area (Å²) in [6, 6.07) is 0. The lowest BCUT2D eigenvalue weighted by atomic mass is 10.1. The molecule has 0 fully saturated rings. The number of aliphatic imine (C=N–C) groups is 1. The van der Waals surface area contributed by atoms with Gasteiger partial charge in [0.15, 0.2) is 5.96 Å². The molecule has 0 aromatic carbocycles. The Labute approximate surface area is 117 Å². The first-order valence-corrected chi connectivity index (χ1v) is 7.64. The van der Waals surface area contributed by atoms with E-state index in [9.17, 15) is 0 Å². The molecule has 0 saturated heterocycles. The number of unbranched alkanes of at least 4 members (excludes halogenated alkanes) is 2. The maximum atomic E-state index is 5.31. The van der Waals surface area contributed by atoms with Crippen LogP contribution in [0.2, 0.25) is 0 Å². The van der Waals surface area contributed by atoms with E-state index in [4.69, 9.17) is 4.74 Å². The fourth-order valence-electron chi connectivity index (χ4n) is 2.03. The molecule has 2 N–H and O–H groups in total. The second-order valence-electron chi connectivity index (χ2n) is 4.83. The summed E-state index contributed by atoms with van der Waals surface area (Å²) < 4.78 is 5.31. The first-order valence-electron chi connectivity index (χ1n) is 7.64. The van der Waals surface area contributed by atoms with Crippen LogP contribution in [0.1, 0.15) is 46.0 Å². The SMILES string of the molecule is CCCCCN=C(NCC)NCCC1=CCOCC1. The molecule has 0 spiro atoms. The van der Waals surface area contributed by atoms with Crippen molar-refractivity contribution in [3.8, 4) is 0 Å². The van der Waals surface area contributed by atoms with Crippen LogP contribution in [0.15, 0.2) is 16.6 Å². The molecule has 0 aromatic heterocycles. The van der Waals surface area contributed by atoms with Gasteiger partial charge in [0.1, 0.15) is 0 Å². The molecule has 0 amide bonds. The first kappa shape index (κ1) is 16.0. The van der Waals surface area contributed by atoms with Gasteiger partial charge in [-0.3, -0.25) is 4.99 Å². The predicted octanol–water partition coefficient (Wildman–Crippen LogP) is 2.47. The van der Waals surface area contributed by atoms with E-state index in [1.807, 2.05) is 0 Å². The van der Waals surface area contributed by atoms with Crippen molar-refractivity contribution in [2.75, 3.05) is 32.8 Å². The Balaban J connectivity index is 2.22. The van der Waals surface area contributed by atoms with Crippen molar-refractivity contribution in [3.05, 3.63) is 11.6 Å². The minimum atomic E-state index is 0.778. The van der Waals surface area contributed by atoms with Gasteiger partial charge in [0.2, 0.25) is 0 Å². The fourth-order valence-corrected chi connectivity index (χ4v) is 2.03. The monoisotopic (exact) mass is 267 g/mol. The van der Waals surface area contributed by atoms with Crippen molar-refractivity contribution in [2.24, 2.45) is 4.99 Å². The third kappa shape index (κ3) is 7.88. The highest BCUT2D eigenvalue weighted by atomic mass is 16.5. The Hall–Kier alpha value is -1.03. The van der Waals surface area contributed by atoms with Crippen molar-refractivity contribution in [3.63, 3.8) is 0 Å². The molecule has 0 unspecified atom stereocenters. The van der Waals surface area contributed by atoms with Crippen LogP contribution in [0.5, 0.6) is 0 Å². The minimum Gasteiger partial charge on any atom is -0.377 e. The Morgan fingerprint density at radius 2 is 2.21 bits per heavy atom. The first-order chi connectivity index (χ1) is 9.36. The molecule has 0 saturated carbocycles. The number of hydrogen-bond acceptors (Lipinski definition) is 2. The Kier molecular flexibility index (Phi) is 9.15. The van der Waals surface area contributed by atoms with Crippen molar-refractivity contribution in [1.29, 1.82) is 0 Å². The molecule has 1 rings (SSSR count). The van der Waals surface area contributed by atoms with Crippen molar-refractivity contribution in [1.82, 2.24) is 10.6 Å². The lowest BCUT2D eigenvalue weighted by molar-refractivity contribution is 0.153. The van der Waals surface area contributed by atoms with Crippen LogP contribution >= 0.6 is 0 Å². The van der Waals surface area contributed by atoms with Crippen molar-refractivity contribution >= 4 is 5.96 Å². The van der Waals surface area contributed by atoms with Gasteiger partial charge in [-0.2, -0.15) is 0 Å². The maximum Gasteiger partial charge on any atom is 0.191 e. The highest BCUT2D eigenvalue weighted by Gasteiger charge is 2.03. The lowest BCUT2D eigenvalue weighted by Crippen LogP contribution is -2.38. The van der Waals surface area contributed by atoms with Crippen LogP contribution in [-0.2, 0) is 4.74 Å². The number of guanidine groups is 1. The molecule has 4 nitrogen and oxygen atoms in total. The van der Waals surface area contributed by atoms with Crippen LogP contribution in [0, 0.1) is 0 Å². The zero-order valence-electron chi connectivity index (χ0n) is 12.5. The summed E-state index contributed by atoms with van der Waals surface area (Å²) in [4.78, 5) is 4.58. The lowest BCUT2D eigenvalue weighted by Gasteiger charge is -2.15.